The SMILES string of the molecule is CCCCCCCCCCCC(=O)NCCNC(=O)CCCCCCCCCCC.[H-].[Na+]. The average molecular weight is 449 g/mol. The van der Waals surface area contributed by atoms with Crippen molar-refractivity contribution >= 4 is 11.8 Å². The minimum atomic E-state index is 0. The van der Waals surface area contributed by atoms with Crippen molar-refractivity contribution in [3.63, 3.8) is 0 Å². The van der Waals surface area contributed by atoms with Crippen LogP contribution in [0.1, 0.15) is 144 Å². The molecule has 31 heavy (non-hydrogen) atoms. The smallest absolute Gasteiger partial charge is 1.00 e. The van der Waals surface area contributed by atoms with E-state index in [4.69, 9.17) is 0 Å². The minimum Gasteiger partial charge on any atom is -1.00 e. The standard InChI is InChI=1S/C26H52N2O2.Na.H/c1-3-5-7-9-11-13-15-17-19-21-25(29)27-23-24-28-26(30)22-20-18-16-14-12-10-8-6-4-2;;/h3-24H2,1-2H3,(H,27,29)(H,28,30);;/q;+1;-1. The van der Waals surface area contributed by atoms with Gasteiger partial charge in [0.25, 0.3) is 0 Å². The van der Waals surface area contributed by atoms with Crippen LogP contribution >= 0.6 is 0 Å². The molecule has 0 aromatic carbocycles. The Morgan fingerprint density at radius 2 is 0.742 bits per heavy atom. The zero-order valence-corrected chi connectivity index (χ0v) is 23.4. The molecule has 180 valence electrons. The van der Waals surface area contributed by atoms with E-state index in [9.17, 15) is 9.59 Å². The molecule has 0 aliphatic rings. The quantitative estimate of drug-likeness (QED) is 0.182. The first-order valence-electron chi connectivity index (χ1n) is 13.2. The van der Waals surface area contributed by atoms with Gasteiger partial charge in [-0.05, 0) is 12.8 Å². The first-order chi connectivity index (χ1) is 14.7. The van der Waals surface area contributed by atoms with Crippen LogP contribution in [0.3, 0.4) is 0 Å². The third-order valence-electron chi connectivity index (χ3n) is 5.78. The van der Waals surface area contributed by atoms with E-state index in [1.807, 2.05) is 0 Å². The molecule has 0 spiro atoms. The van der Waals surface area contributed by atoms with Crippen molar-refractivity contribution in [3.8, 4) is 0 Å². The number of amides is 2. The van der Waals surface area contributed by atoms with Gasteiger partial charge in [0, 0.05) is 25.9 Å². The maximum Gasteiger partial charge on any atom is 1.00 e. The van der Waals surface area contributed by atoms with Gasteiger partial charge in [-0.3, -0.25) is 9.59 Å². The van der Waals surface area contributed by atoms with E-state index in [-0.39, 0.29) is 42.8 Å². The molecule has 0 rings (SSSR count). The van der Waals surface area contributed by atoms with Gasteiger partial charge in [0.05, 0.1) is 0 Å². The topological polar surface area (TPSA) is 58.2 Å². The second-order valence-corrected chi connectivity index (χ2v) is 8.86. The van der Waals surface area contributed by atoms with Crippen molar-refractivity contribution < 1.29 is 40.6 Å². The van der Waals surface area contributed by atoms with Gasteiger partial charge in [0.15, 0.2) is 0 Å². The summed E-state index contributed by atoms with van der Waals surface area (Å²) in [7, 11) is 0. The van der Waals surface area contributed by atoms with Crippen LogP contribution in [-0.2, 0) is 9.59 Å². The largest absolute Gasteiger partial charge is 1.00 e. The van der Waals surface area contributed by atoms with Gasteiger partial charge in [-0.2, -0.15) is 0 Å². The van der Waals surface area contributed by atoms with E-state index in [0.717, 1.165) is 25.7 Å². The van der Waals surface area contributed by atoms with E-state index in [2.05, 4.69) is 24.5 Å². The van der Waals surface area contributed by atoms with Crippen molar-refractivity contribution in [2.24, 2.45) is 0 Å². The third kappa shape index (κ3) is 27.9. The van der Waals surface area contributed by atoms with Crippen molar-refractivity contribution in [1.29, 1.82) is 0 Å². The average Bonchev–Trinajstić information content (AvgIpc) is 2.74. The molecule has 0 atom stereocenters. The summed E-state index contributed by atoms with van der Waals surface area (Å²) >= 11 is 0. The van der Waals surface area contributed by atoms with Crippen LogP contribution in [0.4, 0.5) is 0 Å². The van der Waals surface area contributed by atoms with Crippen LogP contribution in [0, 0.1) is 0 Å². The van der Waals surface area contributed by atoms with E-state index < -0.39 is 0 Å². The molecule has 0 radical (unpaired) electrons. The molecule has 0 unspecified atom stereocenters. The van der Waals surface area contributed by atoms with Crippen LogP contribution in [0.25, 0.3) is 0 Å². The van der Waals surface area contributed by atoms with Crippen LogP contribution in [0.2, 0.25) is 0 Å². The summed E-state index contributed by atoms with van der Waals surface area (Å²) < 4.78 is 0. The Labute approximate surface area is 217 Å². The first-order valence-corrected chi connectivity index (χ1v) is 13.2. The van der Waals surface area contributed by atoms with Crippen molar-refractivity contribution in [1.82, 2.24) is 10.6 Å². The summed E-state index contributed by atoms with van der Waals surface area (Å²) in [5, 5.41) is 5.83. The molecule has 0 aromatic rings. The molecular formula is C26H53N2NaO2. The maximum absolute atomic E-state index is 11.8. The number of nitrogens with one attached hydrogen (secondary N) is 2. The van der Waals surface area contributed by atoms with Gasteiger partial charge in [-0.25, -0.2) is 0 Å². The molecule has 0 heterocycles. The molecule has 0 aliphatic carbocycles. The summed E-state index contributed by atoms with van der Waals surface area (Å²) in [5.41, 5.74) is 0. The molecule has 5 heteroatoms. The van der Waals surface area contributed by atoms with E-state index in [1.54, 1.807) is 0 Å². The number of carbonyl (C=O) groups is 2. The Balaban J connectivity index is -0.00000420. The van der Waals surface area contributed by atoms with Crippen molar-refractivity contribution in [3.05, 3.63) is 0 Å². The second-order valence-electron chi connectivity index (χ2n) is 8.86. The van der Waals surface area contributed by atoms with Crippen LogP contribution in [0.15, 0.2) is 0 Å². The number of rotatable bonds is 23. The van der Waals surface area contributed by atoms with Gasteiger partial charge in [0.1, 0.15) is 0 Å². The summed E-state index contributed by atoms with van der Waals surface area (Å²) in [4.78, 5) is 23.7. The molecule has 0 saturated carbocycles. The predicted octanol–water partition coefficient (Wildman–Crippen LogP) is 4.18. The molecule has 0 bridgehead atoms. The van der Waals surface area contributed by atoms with Gasteiger partial charge in [0.2, 0.25) is 11.8 Å². The Kier molecular flexibility index (Phi) is 29.9. The second kappa shape index (κ2) is 28.0. The van der Waals surface area contributed by atoms with Crippen molar-refractivity contribution in [2.45, 2.75) is 142 Å². The molecular weight excluding hydrogens is 395 g/mol. The Hall–Kier alpha value is -0.0600. The molecule has 0 aliphatic heterocycles. The zero-order chi connectivity index (χ0) is 22.1. The summed E-state index contributed by atoms with van der Waals surface area (Å²) in [6, 6.07) is 0. The monoisotopic (exact) mass is 448 g/mol. The molecule has 2 N–H and O–H groups in total. The molecule has 4 nitrogen and oxygen atoms in total. The van der Waals surface area contributed by atoms with Gasteiger partial charge in [-0.15, -0.1) is 0 Å². The number of hydrogen-bond acceptors (Lipinski definition) is 2. The van der Waals surface area contributed by atoms with Crippen LogP contribution in [-0.4, -0.2) is 24.9 Å². The molecule has 0 fully saturated rings. The normalized spacial score (nSPS) is 10.5. The van der Waals surface area contributed by atoms with Crippen molar-refractivity contribution in [2.75, 3.05) is 13.1 Å². The number of unbranched alkanes of at least 4 members (excludes halogenated alkanes) is 16. The number of hydrogen-bond donors (Lipinski definition) is 2. The Bertz CT molecular complexity index is 362. The van der Waals surface area contributed by atoms with E-state index >= 15 is 0 Å². The third-order valence-corrected chi connectivity index (χ3v) is 5.78. The Morgan fingerprint density at radius 1 is 0.484 bits per heavy atom. The van der Waals surface area contributed by atoms with Gasteiger partial charge in [-0.1, -0.05) is 117 Å². The summed E-state index contributed by atoms with van der Waals surface area (Å²) in [5.74, 6) is 0.234. The minimum absolute atomic E-state index is 0. The molecule has 0 aromatic heterocycles. The van der Waals surface area contributed by atoms with Crippen LogP contribution < -0.4 is 40.2 Å². The van der Waals surface area contributed by atoms with E-state index in [1.165, 1.54) is 89.9 Å². The van der Waals surface area contributed by atoms with Gasteiger partial charge < -0.3 is 12.1 Å². The summed E-state index contributed by atoms with van der Waals surface area (Å²) in [6.45, 7) is 5.58. The molecule has 0 saturated heterocycles. The number of carbonyl (C=O) groups excluding carboxylic acids is 2. The fourth-order valence-corrected chi connectivity index (χ4v) is 3.77. The summed E-state index contributed by atoms with van der Waals surface area (Å²) in [6.07, 6.45) is 24.0. The molecule has 2 amide bonds. The van der Waals surface area contributed by atoms with Gasteiger partial charge >= 0.3 is 29.6 Å². The predicted molar refractivity (Wildman–Crippen MR) is 131 cm³/mol. The fourth-order valence-electron chi connectivity index (χ4n) is 3.77. The maximum atomic E-state index is 11.8. The Morgan fingerprint density at radius 3 is 1.03 bits per heavy atom. The first kappa shape index (κ1) is 33.1. The zero-order valence-electron chi connectivity index (χ0n) is 22.4. The fraction of sp³-hybridized carbons (Fsp3) is 0.923. The van der Waals surface area contributed by atoms with E-state index in [0.29, 0.717) is 25.9 Å². The van der Waals surface area contributed by atoms with Crippen LogP contribution in [0.5, 0.6) is 0 Å².